The van der Waals surface area contributed by atoms with Crippen molar-refractivity contribution in [1.82, 2.24) is 4.90 Å². The van der Waals surface area contributed by atoms with E-state index in [1.165, 1.54) is 9.75 Å². The lowest BCUT2D eigenvalue weighted by Gasteiger charge is -2.25. The van der Waals surface area contributed by atoms with Crippen molar-refractivity contribution in [3.63, 3.8) is 0 Å². The van der Waals surface area contributed by atoms with Crippen molar-refractivity contribution in [3.05, 3.63) is 21.9 Å². The molecule has 2 atom stereocenters. The molecule has 4 nitrogen and oxygen atoms in total. The quantitative estimate of drug-likeness (QED) is 0.859. The molecule has 1 aromatic heterocycles. The third-order valence-corrected chi connectivity index (χ3v) is 4.32. The van der Waals surface area contributed by atoms with Crippen molar-refractivity contribution in [3.8, 4) is 0 Å². The number of aryl methyl sites for hydroxylation is 1. The molecular weight excluding hydrogens is 248 g/mol. The number of amides is 1. The van der Waals surface area contributed by atoms with Crippen molar-refractivity contribution in [1.29, 1.82) is 0 Å². The van der Waals surface area contributed by atoms with Gasteiger partial charge in [0.25, 0.3) is 0 Å². The standard InChI is InChI=1S/C13H22N2O2S/c1-9-5-6-12(18-9)10(2)15(3)13(16)7-11(8-14)17-4/h5-6,10-11H,7-8,14H2,1-4H3. The molecule has 0 fully saturated rings. The first-order valence-electron chi connectivity index (χ1n) is 6.04. The molecule has 0 aliphatic rings. The first kappa shape index (κ1) is 15.1. The highest BCUT2D eigenvalue weighted by Gasteiger charge is 2.21. The van der Waals surface area contributed by atoms with Crippen LogP contribution in [0.5, 0.6) is 0 Å². The van der Waals surface area contributed by atoms with Gasteiger partial charge in [-0.25, -0.2) is 0 Å². The van der Waals surface area contributed by atoms with Gasteiger partial charge in [0.15, 0.2) is 0 Å². The number of ether oxygens (including phenoxy) is 1. The smallest absolute Gasteiger partial charge is 0.225 e. The van der Waals surface area contributed by atoms with Crippen LogP contribution in [-0.4, -0.2) is 37.6 Å². The molecule has 1 rings (SSSR count). The Labute approximate surface area is 113 Å². The van der Waals surface area contributed by atoms with Crippen LogP contribution in [0.3, 0.4) is 0 Å². The summed E-state index contributed by atoms with van der Waals surface area (Å²) in [7, 11) is 3.40. The highest BCUT2D eigenvalue weighted by atomic mass is 32.1. The molecule has 2 unspecified atom stereocenters. The van der Waals surface area contributed by atoms with E-state index in [0.29, 0.717) is 13.0 Å². The fraction of sp³-hybridized carbons (Fsp3) is 0.615. The van der Waals surface area contributed by atoms with Gasteiger partial charge in [-0.3, -0.25) is 4.79 Å². The fourth-order valence-electron chi connectivity index (χ4n) is 1.69. The maximum absolute atomic E-state index is 12.1. The lowest BCUT2D eigenvalue weighted by Crippen LogP contribution is -2.34. The van der Waals surface area contributed by atoms with Gasteiger partial charge in [-0.2, -0.15) is 0 Å². The second-order valence-corrected chi connectivity index (χ2v) is 5.75. The molecule has 2 N–H and O–H groups in total. The van der Waals surface area contributed by atoms with Crippen LogP contribution in [0.1, 0.15) is 29.1 Å². The minimum atomic E-state index is -0.197. The Balaban J connectivity index is 2.63. The van der Waals surface area contributed by atoms with Gasteiger partial charge in [0, 0.05) is 30.5 Å². The predicted octanol–water partition coefficient (Wildman–Crippen LogP) is 1.94. The lowest BCUT2D eigenvalue weighted by molar-refractivity contribution is -0.134. The van der Waals surface area contributed by atoms with Gasteiger partial charge in [0.2, 0.25) is 5.91 Å². The van der Waals surface area contributed by atoms with E-state index in [-0.39, 0.29) is 18.1 Å². The Morgan fingerprint density at radius 1 is 1.56 bits per heavy atom. The highest BCUT2D eigenvalue weighted by Crippen LogP contribution is 2.26. The Morgan fingerprint density at radius 2 is 2.22 bits per heavy atom. The molecule has 0 saturated heterocycles. The van der Waals surface area contributed by atoms with Crippen molar-refractivity contribution < 1.29 is 9.53 Å². The largest absolute Gasteiger partial charge is 0.380 e. The van der Waals surface area contributed by atoms with Crippen LogP contribution in [0.15, 0.2) is 12.1 Å². The monoisotopic (exact) mass is 270 g/mol. The molecule has 0 spiro atoms. The number of carbonyl (C=O) groups is 1. The second-order valence-electron chi connectivity index (χ2n) is 4.43. The topological polar surface area (TPSA) is 55.6 Å². The van der Waals surface area contributed by atoms with Crippen LogP contribution in [-0.2, 0) is 9.53 Å². The molecule has 0 aromatic carbocycles. The Morgan fingerprint density at radius 3 is 2.67 bits per heavy atom. The van der Waals surface area contributed by atoms with Gasteiger partial charge in [-0.1, -0.05) is 0 Å². The Bertz CT molecular complexity index is 388. The van der Waals surface area contributed by atoms with Crippen molar-refractivity contribution in [2.45, 2.75) is 32.4 Å². The molecule has 1 amide bonds. The number of thiophene rings is 1. The third kappa shape index (κ3) is 3.80. The number of rotatable bonds is 6. The molecule has 0 aliphatic heterocycles. The van der Waals surface area contributed by atoms with E-state index in [0.717, 1.165) is 0 Å². The Hall–Kier alpha value is -0.910. The van der Waals surface area contributed by atoms with Gasteiger partial charge in [0.1, 0.15) is 0 Å². The van der Waals surface area contributed by atoms with Gasteiger partial charge in [-0.05, 0) is 26.0 Å². The normalized spacial score (nSPS) is 14.3. The van der Waals surface area contributed by atoms with Crippen LogP contribution in [0.25, 0.3) is 0 Å². The van der Waals surface area contributed by atoms with Crippen LogP contribution in [0.4, 0.5) is 0 Å². The maximum Gasteiger partial charge on any atom is 0.225 e. The number of hydrogen-bond donors (Lipinski definition) is 1. The summed E-state index contributed by atoms with van der Waals surface area (Å²) in [6, 6.07) is 4.24. The summed E-state index contributed by atoms with van der Waals surface area (Å²) in [6.45, 7) is 4.47. The molecule has 1 heterocycles. The fourth-order valence-corrected chi connectivity index (χ4v) is 2.66. The van der Waals surface area contributed by atoms with Crippen LogP contribution in [0, 0.1) is 6.92 Å². The van der Waals surface area contributed by atoms with E-state index in [4.69, 9.17) is 10.5 Å². The van der Waals surface area contributed by atoms with Crippen molar-refractivity contribution in [2.75, 3.05) is 20.7 Å². The Kier molecular flexibility index (Phi) is 5.78. The van der Waals surface area contributed by atoms with Crippen molar-refractivity contribution in [2.24, 2.45) is 5.73 Å². The summed E-state index contributed by atoms with van der Waals surface area (Å²) >= 11 is 1.72. The zero-order valence-corrected chi connectivity index (χ0v) is 12.3. The lowest BCUT2D eigenvalue weighted by atomic mass is 10.2. The maximum atomic E-state index is 12.1. The van der Waals surface area contributed by atoms with E-state index in [9.17, 15) is 4.79 Å². The molecular formula is C13H22N2O2S. The summed E-state index contributed by atoms with van der Waals surface area (Å²) in [5.41, 5.74) is 5.53. The first-order valence-corrected chi connectivity index (χ1v) is 6.86. The number of hydrogen-bond acceptors (Lipinski definition) is 4. The number of carbonyl (C=O) groups excluding carboxylic acids is 1. The third-order valence-electron chi connectivity index (χ3n) is 3.15. The molecule has 0 aliphatic carbocycles. The molecule has 5 heteroatoms. The highest BCUT2D eigenvalue weighted by molar-refractivity contribution is 7.12. The number of methoxy groups -OCH3 is 1. The van der Waals surface area contributed by atoms with E-state index in [1.54, 1.807) is 23.3 Å². The van der Waals surface area contributed by atoms with E-state index >= 15 is 0 Å². The van der Waals surface area contributed by atoms with Gasteiger partial charge >= 0.3 is 0 Å². The predicted molar refractivity (Wildman–Crippen MR) is 74.7 cm³/mol. The first-order chi connectivity index (χ1) is 8.49. The van der Waals surface area contributed by atoms with E-state index in [2.05, 4.69) is 19.1 Å². The van der Waals surface area contributed by atoms with E-state index < -0.39 is 0 Å². The summed E-state index contributed by atoms with van der Waals surface area (Å²) in [6.07, 6.45) is 0.135. The van der Waals surface area contributed by atoms with Crippen molar-refractivity contribution >= 4 is 17.2 Å². The minimum absolute atomic E-state index is 0.0610. The minimum Gasteiger partial charge on any atom is -0.380 e. The molecule has 0 bridgehead atoms. The molecule has 0 radical (unpaired) electrons. The van der Waals surface area contributed by atoms with Crippen LogP contribution in [0.2, 0.25) is 0 Å². The average Bonchev–Trinajstić information content (AvgIpc) is 2.80. The van der Waals surface area contributed by atoms with Crippen LogP contribution < -0.4 is 5.73 Å². The number of nitrogens with zero attached hydrogens (tertiary/aromatic N) is 1. The molecule has 102 valence electrons. The molecule has 0 saturated carbocycles. The summed E-state index contributed by atoms with van der Waals surface area (Å²) in [5, 5.41) is 0. The SMILES string of the molecule is COC(CN)CC(=O)N(C)C(C)c1ccc(C)s1. The zero-order chi connectivity index (χ0) is 13.7. The summed E-state index contributed by atoms with van der Waals surface area (Å²) in [5.74, 6) is 0.0610. The van der Waals surface area contributed by atoms with E-state index in [1.807, 2.05) is 14.0 Å². The molecule has 1 aromatic rings. The molecule has 18 heavy (non-hydrogen) atoms. The van der Waals surface area contributed by atoms with Gasteiger partial charge in [-0.15, -0.1) is 11.3 Å². The summed E-state index contributed by atoms with van der Waals surface area (Å²) in [4.78, 5) is 16.3. The number of nitrogens with two attached hydrogens (primary N) is 1. The summed E-state index contributed by atoms with van der Waals surface area (Å²) < 4.78 is 5.14. The second kappa shape index (κ2) is 6.87. The zero-order valence-electron chi connectivity index (χ0n) is 11.5. The van der Waals surface area contributed by atoms with Gasteiger partial charge < -0.3 is 15.4 Å². The van der Waals surface area contributed by atoms with Gasteiger partial charge in [0.05, 0.1) is 18.6 Å². The van der Waals surface area contributed by atoms with Crippen LogP contribution >= 0.6 is 11.3 Å². The average molecular weight is 270 g/mol.